The van der Waals surface area contributed by atoms with Gasteiger partial charge in [0, 0.05) is 56.3 Å². The van der Waals surface area contributed by atoms with E-state index in [0.29, 0.717) is 16.3 Å². The van der Waals surface area contributed by atoms with Gasteiger partial charge in [-0.3, -0.25) is 0 Å². The van der Waals surface area contributed by atoms with Gasteiger partial charge < -0.3 is 65.8 Å². The molecule has 3 fully saturated rings. The molecule has 0 unspecified atom stereocenters. The van der Waals surface area contributed by atoms with Crippen molar-refractivity contribution in [3.8, 4) is 11.3 Å². The summed E-state index contributed by atoms with van der Waals surface area (Å²) in [5.41, 5.74) is 17.6. The normalized spacial score (nSPS) is 14.8. The number of fused-ring (bicyclic) bond motifs is 3. The van der Waals surface area contributed by atoms with Crippen LogP contribution in [0.1, 0.15) is 0 Å². The molecule has 3 aliphatic heterocycles. The van der Waals surface area contributed by atoms with E-state index >= 15 is 0 Å². The number of nitrogens with zero attached hydrogens (tertiary/aromatic N) is 8. The van der Waals surface area contributed by atoms with E-state index in [0.717, 1.165) is 148 Å². The Morgan fingerprint density at radius 3 is 1.49 bits per heavy atom. The van der Waals surface area contributed by atoms with Gasteiger partial charge in [-0.1, -0.05) is 35.9 Å². The van der Waals surface area contributed by atoms with E-state index in [1.54, 1.807) is 36.9 Å². The molecule has 0 spiro atoms. The third-order valence-corrected chi connectivity index (χ3v) is 11.5. The number of hydrogen-bond acceptors (Lipinski definition) is 16. The van der Waals surface area contributed by atoms with Crippen molar-refractivity contribution in [3.05, 3.63) is 98.3 Å². The average Bonchev–Trinajstić information content (AvgIpc) is 4.07. The SMILES string of the molecule is C1COCCN1.Clc1ncnc2[nH]c(I)cc12.Ic1cc2c(N3CCOCC3)ncnc2[nH]1.Nc1ccc(-c2cc3c(N4CCOCC4)ncnc3[nH]2)cc1.Nc1ccc(B(O)O)cc1. The quantitative estimate of drug-likeness (QED) is 0.0531. The number of morpholine rings is 3. The number of aromatic nitrogens is 9. The van der Waals surface area contributed by atoms with E-state index in [1.165, 1.54) is 6.33 Å². The molecule has 65 heavy (non-hydrogen) atoms. The smallest absolute Gasteiger partial charge is 0.423 e. The molecule has 2 aromatic carbocycles. The zero-order valence-electron chi connectivity index (χ0n) is 35.1. The lowest BCUT2D eigenvalue weighted by atomic mass is 9.80. The highest BCUT2D eigenvalue weighted by Gasteiger charge is 2.19. The predicted molar refractivity (Wildman–Crippen MR) is 272 cm³/mol. The van der Waals surface area contributed by atoms with Gasteiger partial charge in [0.25, 0.3) is 0 Å². The minimum Gasteiger partial charge on any atom is -0.423 e. The molecule has 0 saturated carbocycles. The van der Waals surface area contributed by atoms with Crippen LogP contribution in [-0.4, -0.2) is 141 Å². The Labute approximate surface area is 406 Å². The molecular formula is C42H48BClI2N14O5. The van der Waals surface area contributed by atoms with Gasteiger partial charge in [-0.25, -0.2) is 29.9 Å². The van der Waals surface area contributed by atoms with Crippen LogP contribution < -0.4 is 32.0 Å². The highest BCUT2D eigenvalue weighted by Crippen LogP contribution is 2.30. The number of nitrogen functional groups attached to an aromatic ring is 2. The van der Waals surface area contributed by atoms with Crippen molar-refractivity contribution in [3.63, 3.8) is 0 Å². The highest BCUT2D eigenvalue weighted by atomic mass is 127. The summed E-state index contributed by atoms with van der Waals surface area (Å²) in [5.74, 6) is 1.97. The van der Waals surface area contributed by atoms with Gasteiger partial charge in [0.15, 0.2) is 0 Å². The fraction of sp³-hybridized carbons (Fsp3) is 0.286. The van der Waals surface area contributed by atoms with Gasteiger partial charge in [-0.2, -0.15) is 0 Å². The molecule has 0 aliphatic carbocycles. The van der Waals surface area contributed by atoms with Crippen molar-refractivity contribution >= 4 is 125 Å². The van der Waals surface area contributed by atoms with Gasteiger partial charge in [0.2, 0.25) is 0 Å². The molecule has 0 atom stereocenters. The van der Waals surface area contributed by atoms with Crippen molar-refractivity contribution in [2.24, 2.45) is 0 Å². The monoisotopic (exact) mass is 1130 g/mol. The number of ether oxygens (including phenoxy) is 3. The van der Waals surface area contributed by atoms with Crippen LogP contribution in [0.2, 0.25) is 5.15 Å². The number of benzene rings is 2. The third kappa shape index (κ3) is 13.6. The van der Waals surface area contributed by atoms with E-state index < -0.39 is 7.12 Å². The Kier molecular flexibility index (Phi) is 17.7. The van der Waals surface area contributed by atoms with Crippen molar-refractivity contribution in [2.75, 3.05) is 100 Å². The van der Waals surface area contributed by atoms with Crippen LogP contribution >= 0.6 is 56.8 Å². The topological polar surface area (TPSA) is 263 Å². The lowest BCUT2D eigenvalue weighted by Crippen LogP contribution is -2.36. The van der Waals surface area contributed by atoms with Crippen LogP contribution in [0.15, 0.2) is 85.7 Å². The molecule has 3 saturated heterocycles. The molecule has 0 radical (unpaired) electrons. The maximum Gasteiger partial charge on any atom is 0.488 e. The number of nitrogens with two attached hydrogens (primary N) is 2. The van der Waals surface area contributed by atoms with E-state index in [9.17, 15) is 0 Å². The van der Waals surface area contributed by atoms with Crippen LogP contribution in [-0.2, 0) is 14.2 Å². The number of hydrogen-bond donors (Lipinski definition) is 8. The average molecular weight is 1130 g/mol. The van der Waals surface area contributed by atoms with E-state index in [-0.39, 0.29) is 0 Å². The van der Waals surface area contributed by atoms with Crippen molar-refractivity contribution in [2.45, 2.75) is 0 Å². The van der Waals surface area contributed by atoms with E-state index in [1.807, 2.05) is 30.3 Å². The largest absolute Gasteiger partial charge is 0.488 e. The van der Waals surface area contributed by atoms with E-state index in [4.69, 9.17) is 47.3 Å². The van der Waals surface area contributed by atoms with Crippen LogP contribution in [0.5, 0.6) is 0 Å². The number of aromatic amines is 3. The van der Waals surface area contributed by atoms with Crippen molar-refractivity contribution in [1.82, 2.24) is 50.2 Å². The number of anilines is 4. The fourth-order valence-electron chi connectivity index (χ4n) is 6.76. The van der Waals surface area contributed by atoms with Crippen LogP contribution in [0.3, 0.4) is 0 Å². The van der Waals surface area contributed by atoms with Gasteiger partial charge in [-0.05, 0) is 98.7 Å². The summed E-state index contributed by atoms with van der Waals surface area (Å²) in [5, 5.41) is 23.9. The Bertz CT molecular complexity index is 2700. The Morgan fingerprint density at radius 1 is 0.569 bits per heavy atom. The molecule has 0 amide bonds. The summed E-state index contributed by atoms with van der Waals surface area (Å²) in [6, 6.07) is 20.3. The molecule has 6 aromatic heterocycles. The summed E-state index contributed by atoms with van der Waals surface area (Å²) in [6.45, 7) is 10.4. The molecule has 10 N–H and O–H groups in total. The van der Waals surface area contributed by atoms with Crippen LogP contribution in [0, 0.1) is 7.40 Å². The molecule has 340 valence electrons. The first-order chi connectivity index (χ1) is 31.6. The summed E-state index contributed by atoms with van der Waals surface area (Å²) >= 11 is 10.2. The van der Waals surface area contributed by atoms with Crippen LogP contribution in [0.25, 0.3) is 44.4 Å². The van der Waals surface area contributed by atoms with E-state index in [2.05, 4.69) is 117 Å². The van der Waals surface area contributed by atoms with Crippen LogP contribution in [0.4, 0.5) is 23.0 Å². The number of halogens is 3. The first kappa shape index (κ1) is 48.0. The maximum atomic E-state index is 8.63. The minimum atomic E-state index is -1.40. The lowest BCUT2D eigenvalue weighted by molar-refractivity contribution is 0.109. The summed E-state index contributed by atoms with van der Waals surface area (Å²) in [7, 11) is -1.40. The Hall–Kier alpha value is -4.93. The second-order valence-electron chi connectivity index (χ2n) is 14.5. The minimum absolute atomic E-state index is 0.453. The molecule has 11 rings (SSSR count). The van der Waals surface area contributed by atoms with Gasteiger partial charge in [-0.15, -0.1) is 0 Å². The standard InChI is InChI=1S/C16H17N5O.C10H11IN4O.C6H8BNO2.C6H3ClIN3.C4H9NO/c17-12-3-1-11(2-4-12)14-9-13-15(20-14)18-10-19-16(13)21-5-7-22-8-6-21;11-8-5-7-9(14-8)12-6-13-10(7)15-1-3-16-4-2-15;8-6-3-1-5(2-4-6)7(9)10;7-5-3-1-4(8)11-6(3)10-2-9-5;1-3-6-4-2-5-1/h1-4,9-10H,5-8,17H2,(H,18,19,20);5-6H,1-4H2,(H,12,13,14);1-4,9-10H,8H2;1-2H,(H,9,10,11);5H,1-4H2. The molecule has 9 heterocycles. The second-order valence-corrected chi connectivity index (χ2v) is 17.2. The molecular weight excluding hydrogens is 1080 g/mol. The maximum absolute atomic E-state index is 8.63. The number of nitrogens with one attached hydrogen (secondary N) is 4. The van der Waals surface area contributed by atoms with Crippen molar-refractivity contribution < 1.29 is 24.3 Å². The third-order valence-electron chi connectivity index (χ3n) is 10.0. The second kappa shape index (κ2) is 24.0. The zero-order valence-corrected chi connectivity index (χ0v) is 40.2. The van der Waals surface area contributed by atoms with Gasteiger partial charge in [0.1, 0.15) is 52.7 Å². The van der Waals surface area contributed by atoms with Crippen molar-refractivity contribution in [1.29, 1.82) is 0 Å². The number of H-pyrrole nitrogens is 3. The summed E-state index contributed by atoms with van der Waals surface area (Å²) in [6.07, 6.45) is 4.66. The first-order valence-corrected chi connectivity index (χ1v) is 23.2. The predicted octanol–water partition coefficient (Wildman–Crippen LogP) is 4.21. The zero-order chi connectivity index (χ0) is 45.5. The fourth-order valence-corrected chi connectivity index (χ4v) is 8.08. The summed E-state index contributed by atoms with van der Waals surface area (Å²) in [4.78, 5) is 39.4. The molecule has 3 aliphatic rings. The molecule has 19 nitrogen and oxygen atoms in total. The lowest BCUT2D eigenvalue weighted by Gasteiger charge is -2.27. The first-order valence-electron chi connectivity index (χ1n) is 20.6. The Balaban J connectivity index is 0.000000129. The molecule has 0 bridgehead atoms. The van der Waals surface area contributed by atoms with Gasteiger partial charge >= 0.3 is 7.12 Å². The number of rotatable bonds is 4. The van der Waals surface area contributed by atoms with Gasteiger partial charge in [0.05, 0.1) is 63.2 Å². The summed E-state index contributed by atoms with van der Waals surface area (Å²) < 4.78 is 17.9. The molecule has 23 heteroatoms. The Morgan fingerprint density at radius 2 is 1.02 bits per heavy atom. The highest BCUT2D eigenvalue weighted by molar-refractivity contribution is 14.1. The molecule has 8 aromatic rings.